The Bertz CT molecular complexity index is 1180. The van der Waals surface area contributed by atoms with E-state index in [0.29, 0.717) is 44.1 Å². The van der Waals surface area contributed by atoms with Crippen molar-refractivity contribution in [2.24, 2.45) is 23.7 Å². The maximum absolute atomic E-state index is 12.9. The predicted molar refractivity (Wildman–Crippen MR) is 169 cm³/mol. The van der Waals surface area contributed by atoms with Crippen molar-refractivity contribution in [1.82, 2.24) is 0 Å². The molecule has 2 aliphatic carbocycles. The number of halogens is 12. The van der Waals surface area contributed by atoms with Gasteiger partial charge >= 0.3 is 18.5 Å². The Kier molecular flexibility index (Phi) is 16.9. The smallest absolute Gasteiger partial charge is 0.414 e. The van der Waals surface area contributed by atoms with E-state index < -0.39 is 60.1 Å². The summed E-state index contributed by atoms with van der Waals surface area (Å²) in [4.78, 5) is 0. The first-order chi connectivity index (χ1) is 23.9. The number of benzene rings is 1. The van der Waals surface area contributed by atoms with Crippen LogP contribution in [-0.4, -0.2) is 56.0 Å². The van der Waals surface area contributed by atoms with Gasteiger partial charge in [0.1, 0.15) is 0 Å². The van der Waals surface area contributed by atoms with E-state index in [-0.39, 0.29) is 70.0 Å². The number of alkyl halides is 11. The van der Waals surface area contributed by atoms with Crippen LogP contribution in [0.2, 0.25) is 0 Å². The van der Waals surface area contributed by atoms with Gasteiger partial charge in [-0.3, -0.25) is 13.2 Å². The number of nitrogens with zero attached hydrogens (tertiary/aromatic N) is 3. The molecule has 0 aromatic heterocycles. The van der Waals surface area contributed by atoms with E-state index in [4.69, 9.17) is 0 Å². The summed E-state index contributed by atoms with van der Waals surface area (Å²) in [6.07, 6.45) is -2.60. The Morgan fingerprint density at radius 2 is 1.17 bits per heavy atom. The monoisotopic (exact) mass is 936 g/mol. The molecule has 0 N–H and O–H groups in total. The molecule has 2 saturated heterocycles. The molecule has 0 bridgehead atoms. The molecule has 16 heteroatoms. The average Bonchev–Trinajstić information content (AvgIpc) is 3.09. The Morgan fingerprint density at radius 3 is 1.48 bits per heavy atom. The minimum atomic E-state index is -4.39. The van der Waals surface area contributed by atoms with Gasteiger partial charge in [-0.1, -0.05) is 43.9 Å². The zero-order valence-electron chi connectivity index (χ0n) is 28.0. The third-order valence-electron chi connectivity index (χ3n) is 9.95. The van der Waals surface area contributed by atoms with Crippen LogP contribution in [0, 0.1) is 48.4 Å². The number of piperidine rings is 2. The van der Waals surface area contributed by atoms with Crippen LogP contribution in [0.3, 0.4) is 0 Å². The second kappa shape index (κ2) is 19.7. The fourth-order valence-electron chi connectivity index (χ4n) is 6.83. The molecule has 299 valence electrons. The number of allylic oxidation sites excluding steroid dienone is 2. The third-order valence-corrected chi connectivity index (χ3v) is 9.95. The molecule has 9 atom stereocenters. The molecule has 3 nitrogen and oxygen atoms in total. The van der Waals surface area contributed by atoms with E-state index in [1.54, 1.807) is 0 Å². The van der Waals surface area contributed by atoms with Crippen LogP contribution in [0.5, 0.6) is 0 Å². The Balaban J connectivity index is 0.000000208. The SMILES string of the molecule is FC1C[CH-]C(C2CCC(C(F)(F)F)C[N-]2)CC1.FC1C[CH-]C(C2CCC(C(F)(F)F)C[N-]2)CC1.Fc1c[c-]c(C2C=CC(C(F)(F)F)=C[N-]2)cc1.[Ir]. The van der Waals surface area contributed by atoms with Crippen molar-refractivity contribution < 1.29 is 72.8 Å². The molecule has 6 rings (SSSR count). The van der Waals surface area contributed by atoms with E-state index >= 15 is 0 Å². The van der Waals surface area contributed by atoms with Crippen molar-refractivity contribution in [1.29, 1.82) is 0 Å². The first-order valence-electron chi connectivity index (χ1n) is 17.1. The van der Waals surface area contributed by atoms with Crippen LogP contribution in [0.15, 0.2) is 42.1 Å². The number of hydrogen-bond donors (Lipinski definition) is 0. The van der Waals surface area contributed by atoms with Gasteiger partial charge in [-0.25, -0.2) is 0 Å². The van der Waals surface area contributed by atoms with Gasteiger partial charge in [-0.15, -0.1) is 38.1 Å². The second-order valence-corrected chi connectivity index (χ2v) is 13.6. The Labute approximate surface area is 310 Å². The molecule has 5 aliphatic rings. The zero-order chi connectivity index (χ0) is 37.4. The second-order valence-electron chi connectivity index (χ2n) is 13.6. The molecular formula is C36H41F12IrN3-6. The molecule has 52 heavy (non-hydrogen) atoms. The summed E-state index contributed by atoms with van der Waals surface area (Å²) in [5.41, 5.74) is -0.268. The van der Waals surface area contributed by atoms with Gasteiger partial charge in [-0.2, -0.15) is 87.3 Å². The average molecular weight is 936 g/mol. The topological polar surface area (TPSA) is 42.3 Å². The molecule has 9 unspecified atom stereocenters. The fourth-order valence-corrected chi connectivity index (χ4v) is 6.83. The quantitative estimate of drug-likeness (QED) is 0.214. The van der Waals surface area contributed by atoms with Gasteiger partial charge in [0.15, 0.2) is 0 Å². The van der Waals surface area contributed by atoms with Crippen LogP contribution >= 0.6 is 0 Å². The van der Waals surface area contributed by atoms with Crippen LogP contribution in [0.4, 0.5) is 52.7 Å². The standard InChI is InChI=1S/2C12H17F4N.C12H7F4N.Ir/c3*13-10-4-1-8(2-5-10)11-6-3-9(7-17-11)12(14,15)16;/h2*1,8-11H,2-7H2;1,3-7,11H;/q3*-2;. The van der Waals surface area contributed by atoms with Crippen LogP contribution < -0.4 is 0 Å². The van der Waals surface area contributed by atoms with E-state index in [1.165, 1.54) is 18.2 Å². The molecule has 1 radical (unpaired) electrons. The maximum atomic E-state index is 12.9. The summed E-state index contributed by atoms with van der Waals surface area (Å²) < 4.78 is 150. The van der Waals surface area contributed by atoms with Crippen molar-refractivity contribution in [2.45, 2.75) is 113 Å². The fraction of sp³-hybridized carbons (Fsp3) is 0.667. The zero-order valence-corrected chi connectivity index (χ0v) is 30.4. The Hall–Kier alpha value is -1.77. The number of rotatable bonds is 3. The van der Waals surface area contributed by atoms with Gasteiger partial charge in [0.2, 0.25) is 0 Å². The van der Waals surface area contributed by atoms with E-state index in [0.717, 1.165) is 31.2 Å². The van der Waals surface area contributed by atoms with Gasteiger partial charge < -0.3 is 28.8 Å². The maximum Gasteiger partial charge on any atom is 0.414 e. The van der Waals surface area contributed by atoms with Crippen LogP contribution in [0.1, 0.15) is 75.8 Å². The predicted octanol–water partition coefficient (Wildman–Crippen LogP) is 12.1. The molecule has 0 spiro atoms. The minimum absolute atomic E-state index is 0. The van der Waals surface area contributed by atoms with E-state index in [9.17, 15) is 52.7 Å². The van der Waals surface area contributed by atoms with Gasteiger partial charge in [0.25, 0.3) is 0 Å². The van der Waals surface area contributed by atoms with Crippen LogP contribution in [-0.2, 0) is 20.1 Å². The Morgan fingerprint density at radius 1 is 0.673 bits per heavy atom. The minimum Gasteiger partial charge on any atom is -0.682 e. The van der Waals surface area contributed by atoms with Gasteiger partial charge in [0.05, 0.1) is 12.3 Å². The normalized spacial score (nSPS) is 32.8. The summed E-state index contributed by atoms with van der Waals surface area (Å²) in [6.45, 7) is -0.227. The molecule has 0 amide bonds. The molecular weight excluding hydrogens is 895 g/mol. The third kappa shape index (κ3) is 13.8. The molecule has 3 heterocycles. The molecule has 1 aromatic rings. The van der Waals surface area contributed by atoms with Gasteiger partial charge in [0, 0.05) is 43.3 Å². The summed E-state index contributed by atoms with van der Waals surface area (Å²) in [6, 6.07) is 5.86. The summed E-state index contributed by atoms with van der Waals surface area (Å²) in [7, 11) is 0. The molecule has 4 fully saturated rings. The first-order valence-corrected chi connectivity index (χ1v) is 17.1. The summed E-state index contributed by atoms with van der Waals surface area (Å²) in [5.74, 6) is -2.60. The van der Waals surface area contributed by atoms with Crippen molar-refractivity contribution in [3.05, 3.63) is 88.4 Å². The van der Waals surface area contributed by atoms with Crippen molar-refractivity contribution >= 4 is 0 Å². The summed E-state index contributed by atoms with van der Waals surface area (Å²) in [5, 5.41) is 12.1. The summed E-state index contributed by atoms with van der Waals surface area (Å²) >= 11 is 0. The van der Waals surface area contributed by atoms with Crippen molar-refractivity contribution in [2.75, 3.05) is 13.1 Å². The molecule has 1 aromatic carbocycles. The molecule has 2 saturated carbocycles. The van der Waals surface area contributed by atoms with Crippen LogP contribution in [0.25, 0.3) is 16.0 Å². The number of hydrogen-bond acceptors (Lipinski definition) is 0. The van der Waals surface area contributed by atoms with E-state index in [1.807, 2.05) is 12.8 Å². The van der Waals surface area contributed by atoms with Crippen molar-refractivity contribution in [3.63, 3.8) is 0 Å². The largest absolute Gasteiger partial charge is 0.682 e. The van der Waals surface area contributed by atoms with Gasteiger partial charge in [-0.05, 0) is 25.7 Å². The first kappa shape index (κ1) is 44.6. The van der Waals surface area contributed by atoms with Crippen molar-refractivity contribution in [3.8, 4) is 0 Å². The molecule has 3 aliphatic heterocycles. The van der Waals surface area contributed by atoms with E-state index in [2.05, 4.69) is 22.0 Å².